The third-order valence-electron chi connectivity index (χ3n) is 5.73. The van der Waals surface area contributed by atoms with Gasteiger partial charge in [0, 0.05) is 24.6 Å². The van der Waals surface area contributed by atoms with Gasteiger partial charge in [-0.25, -0.2) is 4.39 Å². The average molecular weight is 443 g/mol. The van der Waals surface area contributed by atoms with Gasteiger partial charge >= 0.3 is 0 Å². The second kappa shape index (κ2) is 10.2. The van der Waals surface area contributed by atoms with Crippen molar-refractivity contribution in [2.75, 3.05) is 6.54 Å². The summed E-state index contributed by atoms with van der Waals surface area (Å²) in [6.45, 7) is 5.10. The van der Waals surface area contributed by atoms with Crippen molar-refractivity contribution in [3.8, 4) is 0 Å². The number of nitrogens with zero attached hydrogens (tertiary/aromatic N) is 4. The van der Waals surface area contributed by atoms with E-state index in [1.807, 2.05) is 65.9 Å². The molecule has 168 valence electrons. The van der Waals surface area contributed by atoms with E-state index < -0.39 is 0 Å². The smallest absolute Gasteiger partial charge is 0.258 e. The third kappa shape index (κ3) is 5.00. The first-order valence-electron chi connectivity index (χ1n) is 11.1. The van der Waals surface area contributed by atoms with Crippen molar-refractivity contribution < 1.29 is 9.18 Å². The van der Waals surface area contributed by atoms with Crippen LogP contribution in [0.3, 0.4) is 0 Å². The number of halogens is 1. The molecule has 0 aliphatic rings. The number of benzene rings is 2. The molecule has 2 heterocycles. The SMILES string of the molecule is CCCN(C(=O)c1cnn(Cc2ccccc2)c1C)C(c1ccc(F)cc1)c1cccnc1. The Balaban J connectivity index is 1.71. The molecule has 0 saturated carbocycles. The van der Waals surface area contributed by atoms with Crippen LogP contribution in [0.5, 0.6) is 0 Å². The molecule has 0 spiro atoms. The predicted octanol–water partition coefficient (Wildman–Crippen LogP) is 5.42. The highest BCUT2D eigenvalue weighted by Crippen LogP contribution is 2.30. The highest BCUT2D eigenvalue weighted by molar-refractivity contribution is 5.95. The monoisotopic (exact) mass is 442 g/mol. The molecule has 0 aliphatic heterocycles. The number of hydrogen-bond acceptors (Lipinski definition) is 3. The molecule has 2 aromatic heterocycles. The standard InChI is InChI=1S/C27H27FN4O/c1-3-16-31(26(23-10-7-15-29-17-23)22-11-13-24(28)14-12-22)27(33)25-18-30-32(20(25)2)19-21-8-5-4-6-9-21/h4-15,17-18,26H,3,16,19H2,1-2H3. The number of rotatable bonds is 8. The molecule has 33 heavy (non-hydrogen) atoms. The van der Waals surface area contributed by atoms with Crippen LogP contribution in [0.2, 0.25) is 0 Å². The molecule has 1 unspecified atom stereocenters. The van der Waals surface area contributed by atoms with Gasteiger partial charge in [0.15, 0.2) is 0 Å². The first-order chi connectivity index (χ1) is 16.1. The van der Waals surface area contributed by atoms with E-state index in [2.05, 4.69) is 10.1 Å². The summed E-state index contributed by atoms with van der Waals surface area (Å²) in [5.74, 6) is -0.415. The van der Waals surface area contributed by atoms with Crippen molar-refractivity contribution in [2.24, 2.45) is 0 Å². The number of aromatic nitrogens is 3. The second-order valence-corrected chi connectivity index (χ2v) is 8.03. The summed E-state index contributed by atoms with van der Waals surface area (Å²) in [6, 6.07) is 19.8. The number of pyridine rings is 1. The third-order valence-corrected chi connectivity index (χ3v) is 5.73. The maximum atomic E-state index is 13.9. The van der Waals surface area contributed by atoms with Crippen LogP contribution in [0.4, 0.5) is 4.39 Å². The van der Waals surface area contributed by atoms with Gasteiger partial charge < -0.3 is 4.90 Å². The summed E-state index contributed by atoms with van der Waals surface area (Å²) in [4.78, 5) is 20.0. The van der Waals surface area contributed by atoms with Crippen molar-refractivity contribution in [3.05, 3.63) is 119 Å². The van der Waals surface area contributed by atoms with Crippen LogP contribution in [0.25, 0.3) is 0 Å². The first kappa shape index (κ1) is 22.4. The van der Waals surface area contributed by atoms with E-state index in [-0.39, 0.29) is 17.8 Å². The molecule has 0 aliphatic carbocycles. The Bertz CT molecular complexity index is 1190. The molecule has 4 aromatic rings. The van der Waals surface area contributed by atoms with Crippen molar-refractivity contribution in [2.45, 2.75) is 32.9 Å². The van der Waals surface area contributed by atoms with Crippen molar-refractivity contribution in [1.29, 1.82) is 0 Å². The highest BCUT2D eigenvalue weighted by atomic mass is 19.1. The van der Waals surface area contributed by atoms with Gasteiger partial charge in [-0.1, -0.05) is 55.5 Å². The zero-order valence-electron chi connectivity index (χ0n) is 18.9. The number of carbonyl (C=O) groups excluding carboxylic acids is 1. The fraction of sp³-hybridized carbons (Fsp3) is 0.222. The summed E-state index contributed by atoms with van der Waals surface area (Å²) >= 11 is 0. The van der Waals surface area contributed by atoms with Crippen LogP contribution in [-0.2, 0) is 6.54 Å². The lowest BCUT2D eigenvalue weighted by Crippen LogP contribution is -2.36. The second-order valence-electron chi connectivity index (χ2n) is 8.03. The molecule has 4 rings (SSSR count). The molecular formula is C27H27FN4O. The van der Waals surface area contributed by atoms with E-state index in [0.717, 1.165) is 28.8 Å². The summed E-state index contributed by atoms with van der Waals surface area (Å²) in [5, 5.41) is 4.50. The molecule has 6 heteroatoms. The quantitative estimate of drug-likeness (QED) is 0.366. The highest BCUT2D eigenvalue weighted by Gasteiger charge is 2.29. The van der Waals surface area contributed by atoms with Gasteiger partial charge in [0.25, 0.3) is 5.91 Å². The van der Waals surface area contributed by atoms with Gasteiger partial charge in [0.2, 0.25) is 0 Å². The van der Waals surface area contributed by atoms with Crippen LogP contribution in [-0.4, -0.2) is 32.1 Å². The Labute approximate surface area is 193 Å². The molecular weight excluding hydrogens is 415 g/mol. The van der Waals surface area contributed by atoms with Crippen LogP contribution < -0.4 is 0 Å². The number of amides is 1. The Morgan fingerprint density at radius 2 is 1.76 bits per heavy atom. The molecule has 0 radical (unpaired) electrons. The normalized spacial score (nSPS) is 11.8. The zero-order valence-corrected chi connectivity index (χ0v) is 18.9. The first-order valence-corrected chi connectivity index (χ1v) is 11.1. The van der Waals surface area contributed by atoms with Gasteiger partial charge in [-0.3, -0.25) is 14.5 Å². The van der Waals surface area contributed by atoms with Crippen LogP contribution in [0.15, 0.2) is 85.3 Å². The van der Waals surface area contributed by atoms with Crippen molar-refractivity contribution >= 4 is 5.91 Å². The van der Waals surface area contributed by atoms with Crippen LogP contribution in [0.1, 0.15) is 52.1 Å². The summed E-state index contributed by atoms with van der Waals surface area (Å²) in [6.07, 6.45) is 5.89. The maximum Gasteiger partial charge on any atom is 0.258 e. The van der Waals surface area contributed by atoms with E-state index >= 15 is 0 Å². The average Bonchev–Trinajstić information content (AvgIpc) is 3.20. The van der Waals surface area contributed by atoms with E-state index in [9.17, 15) is 9.18 Å². The molecule has 2 aromatic carbocycles. The fourth-order valence-corrected chi connectivity index (χ4v) is 4.05. The summed E-state index contributed by atoms with van der Waals surface area (Å²) in [7, 11) is 0. The Morgan fingerprint density at radius 1 is 1.00 bits per heavy atom. The minimum absolute atomic E-state index is 0.105. The molecule has 1 atom stereocenters. The summed E-state index contributed by atoms with van der Waals surface area (Å²) in [5.41, 5.74) is 4.21. The van der Waals surface area contributed by atoms with Gasteiger partial charge in [-0.15, -0.1) is 0 Å². The van der Waals surface area contributed by atoms with Crippen molar-refractivity contribution in [3.63, 3.8) is 0 Å². The molecule has 0 N–H and O–H groups in total. The number of carbonyl (C=O) groups is 1. The lowest BCUT2D eigenvalue weighted by Gasteiger charge is -2.32. The fourth-order valence-electron chi connectivity index (χ4n) is 4.05. The lowest BCUT2D eigenvalue weighted by atomic mass is 9.97. The zero-order chi connectivity index (χ0) is 23.2. The van der Waals surface area contributed by atoms with E-state index in [0.29, 0.717) is 18.7 Å². The summed E-state index contributed by atoms with van der Waals surface area (Å²) < 4.78 is 15.5. The Kier molecular flexibility index (Phi) is 6.93. The molecule has 0 fully saturated rings. The minimum atomic E-state index is -0.386. The number of hydrogen-bond donors (Lipinski definition) is 0. The Morgan fingerprint density at radius 3 is 2.42 bits per heavy atom. The van der Waals surface area contributed by atoms with E-state index in [1.165, 1.54) is 12.1 Å². The van der Waals surface area contributed by atoms with Gasteiger partial charge in [0.05, 0.1) is 24.3 Å². The lowest BCUT2D eigenvalue weighted by molar-refractivity contribution is 0.0705. The topological polar surface area (TPSA) is 51.0 Å². The Hall–Kier alpha value is -3.80. The molecule has 0 bridgehead atoms. The minimum Gasteiger partial charge on any atom is -0.327 e. The van der Waals surface area contributed by atoms with Crippen LogP contribution >= 0.6 is 0 Å². The molecule has 0 saturated heterocycles. The van der Waals surface area contributed by atoms with Crippen molar-refractivity contribution in [1.82, 2.24) is 19.7 Å². The largest absolute Gasteiger partial charge is 0.327 e. The van der Waals surface area contributed by atoms with Gasteiger partial charge in [-0.05, 0) is 48.2 Å². The van der Waals surface area contributed by atoms with Gasteiger partial charge in [-0.2, -0.15) is 5.10 Å². The van der Waals surface area contributed by atoms with E-state index in [4.69, 9.17) is 0 Å². The van der Waals surface area contributed by atoms with Crippen LogP contribution in [0, 0.1) is 12.7 Å². The maximum absolute atomic E-state index is 13.9. The molecule has 1 amide bonds. The van der Waals surface area contributed by atoms with Gasteiger partial charge in [0.1, 0.15) is 5.82 Å². The molecule has 5 nitrogen and oxygen atoms in total. The predicted molar refractivity (Wildman–Crippen MR) is 126 cm³/mol. The van der Waals surface area contributed by atoms with E-state index in [1.54, 1.807) is 30.7 Å².